The minimum absolute atomic E-state index is 0.0414. The second-order valence-corrected chi connectivity index (χ2v) is 18.9. The Morgan fingerprint density at radius 3 is 1.37 bits per heavy atom. The van der Waals surface area contributed by atoms with E-state index >= 15 is 0 Å². The van der Waals surface area contributed by atoms with Crippen LogP contribution in [-0.4, -0.2) is 78.5 Å². The molecule has 0 bridgehead atoms. The first-order valence-electron chi connectivity index (χ1n) is 25.0. The number of aromatic nitrogens is 8. The average molecular weight is 1020 g/mol. The quantitative estimate of drug-likeness (QED) is 0.100. The molecule has 0 aliphatic carbocycles. The van der Waals surface area contributed by atoms with Crippen molar-refractivity contribution >= 4 is 11.9 Å². The van der Waals surface area contributed by atoms with Gasteiger partial charge in [0, 0.05) is 46.5 Å². The molecule has 0 spiro atoms. The van der Waals surface area contributed by atoms with Gasteiger partial charge in [-0.3, -0.25) is 0 Å². The molecule has 0 saturated carbocycles. The summed E-state index contributed by atoms with van der Waals surface area (Å²) >= 11 is 0. The molecule has 75 heavy (non-hydrogen) atoms. The van der Waals surface area contributed by atoms with E-state index in [1.165, 1.54) is 12.1 Å². The zero-order valence-electron chi connectivity index (χ0n) is 41.6. The van der Waals surface area contributed by atoms with Crippen molar-refractivity contribution in [2.45, 2.75) is 75.8 Å². The summed E-state index contributed by atoms with van der Waals surface area (Å²) in [5.74, 6) is 1.29. The fraction of sp³-hybridized carbons (Fsp3) is 0.298. The maximum atomic E-state index is 13.5. The van der Waals surface area contributed by atoms with Gasteiger partial charge in [0.25, 0.3) is 0 Å². The number of likely N-dealkylation sites (tertiary alicyclic amines) is 1. The molecule has 10 rings (SSSR count). The Kier molecular flexibility index (Phi) is 16.2. The number of rotatable bonds is 12. The number of nitrogens with zero attached hydrogens (tertiary/aromatic N) is 9. The minimum Gasteiger partial charge on any atom is -0.348 e. The molecule has 2 unspecified atom stereocenters. The van der Waals surface area contributed by atoms with Crippen LogP contribution in [0.1, 0.15) is 97.1 Å². The van der Waals surface area contributed by atoms with E-state index in [1.807, 2.05) is 86.6 Å². The van der Waals surface area contributed by atoms with Gasteiger partial charge in [0.15, 0.2) is 0 Å². The van der Waals surface area contributed by atoms with Crippen LogP contribution in [0.2, 0.25) is 0 Å². The zero-order chi connectivity index (χ0) is 52.5. The SMILES string of the molecule is CC(Nc1nccc(-c2cc(C3CCN(C)CC3)nnc2-c2cccc(C(F)(F)F)c2)n1)c1ccccc1.CC(Nc1nccc(-c2cc(C3CCNCC3)nnc2-c2cccc(C(F)(F)F)c2)n1)c1ccccc1. The van der Waals surface area contributed by atoms with Crippen molar-refractivity contribution in [2.24, 2.45) is 0 Å². The van der Waals surface area contributed by atoms with Gasteiger partial charge in [0.05, 0.1) is 46.0 Å². The number of hydrogen-bond acceptors (Lipinski definition) is 12. The largest absolute Gasteiger partial charge is 0.416 e. The Bertz CT molecular complexity index is 3160. The Morgan fingerprint density at radius 2 is 0.947 bits per heavy atom. The summed E-state index contributed by atoms with van der Waals surface area (Å²) in [4.78, 5) is 20.5. The van der Waals surface area contributed by atoms with Crippen molar-refractivity contribution in [1.82, 2.24) is 50.5 Å². The molecule has 2 atom stereocenters. The standard InChI is InChI=1S/C29H29F3N6.C28H27F3N6/c1-19(20-7-4-3-5-8-20)34-28-33-14-11-25(35-28)24-18-26(21-12-15-38(2)16-13-21)36-37-27(24)22-9-6-10-23(17-22)29(30,31)32;1-18(19-6-3-2-4-7-19)34-27-33-15-12-24(35-27)23-17-25(20-10-13-32-14-11-20)36-37-26(23)21-8-5-9-22(16-21)28(29,30)31/h3-11,14,17-19,21H,12-13,15-16H2,1-2H3,(H,33,34,35);2-9,12,15-18,20,32H,10-11,13-14H2,1H3,(H,33,34,35). The van der Waals surface area contributed by atoms with Crippen LogP contribution < -0.4 is 16.0 Å². The van der Waals surface area contributed by atoms with Crippen molar-refractivity contribution in [3.63, 3.8) is 0 Å². The predicted octanol–water partition coefficient (Wildman–Crippen LogP) is 12.9. The van der Waals surface area contributed by atoms with E-state index in [1.54, 1.807) is 36.7 Å². The third kappa shape index (κ3) is 13.2. The maximum Gasteiger partial charge on any atom is 0.416 e. The number of hydrogen-bond donors (Lipinski definition) is 3. The molecule has 2 fully saturated rings. The first kappa shape index (κ1) is 52.2. The van der Waals surface area contributed by atoms with Crippen LogP contribution in [0.15, 0.2) is 146 Å². The lowest BCUT2D eigenvalue weighted by Crippen LogP contribution is -2.29. The highest BCUT2D eigenvalue weighted by Gasteiger charge is 2.33. The Balaban J connectivity index is 0.000000184. The van der Waals surface area contributed by atoms with E-state index in [-0.39, 0.29) is 23.9 Å². The summed E-state index contributed by atoms with van der Waals surface area (Å²) in [5, 5.41) is 27.8. The lowest BCUT2D eigenvalue weighted by atomic mass is 9.91. The third-order valence-electron chi connectivity index (χ3n) is 13.6. The Morgan fingerprint density at radius 1 is 0.520 bits per heavy atom. The number of nitrogens with one attached hydrogen (secondary N) is 3. The fourth-order valence-corrected chi connectivity index (χ4v) is 9.33. The second kappa shape index (κ2) is 23.2. The molecule has 386 valence electrons. The predicted molar refractivity (Wildman–Crippen MR) is 278 cm³/mol. The molecule has 12 nitrogen and oxygen atoms in total. The number of alkyl halides is 6. The molecule has 18 heteroatoms. The van der Waals surface area contributed by atoms with Gasteiger partial charge in [-0.25, -0.2) is 19.9 Å². The summed E-state index contributed by atoms with van der Waals surface area (Å²) in [6.45, 7) is 7.71. The van der Waals surface area contributed by atoms with Crippen LogP contribution in [0.3, 0.4) is 0 Å². The number of benzene rings is 4. The molecule has 4 aromatic heterocycles. The summed E-state index contributed by atoms with van der Waals surface area (Å²) in [6, 6.07) is 37.5. The van der Waals surface area contributed by atoms with Crippen LogP contribution in [0, 0.1) is 0 Å². The van der Waals surface area contributed by atoms with Crippen LogP contribution in [0.25, 0.3) is 45.0 Å². The van der Waals surface area contributed by atoms with E-state index < -0.39 is 23.5 Å². The Labute approximate surface area is 431 Å². The molecular weight excluding hydrogens is 967 g/mol. The van der Waals surface area contributed by atoms with Gasteiger partial charge < -0.3 is 20.9 Å². The molecular formula is C57H56F6N12. The summed E-state index contributed by atoms with van der Waals surface area (Å²) in [5.41, 5.74) is 6.11. The summed E-state index contributed by atoms with van der Waals surface area (Å²) in [6.07, 6.45) is -1.91. The lowest BCUT2D eigenvalue weighted by Gasteiger charge is -2.28. The van der Waals surface area contributed by atoms with E-state index in [0.29, 0.717) is 56.9 Å². The van der Waals surface area contributed by atoms with E-state index in [4.69, 9.17) is 9.97 Å². The van der Waals surface area contributed by atoms with Crippen LogP contribution in [0.4, 0.5) is 38.2 Å². The second-order valence-electron chi connectivity index (χ2n) is 18.9. The van der Waals surface area contributed by atoms with Gasteiger partial charge in [0.1, 0.15) is 11.4 Å². The third-order valence-corrected chi connectivity index (χ3v) is 13.6. The molecule has 2 aliphatic rings. The van der Waals surface area contributed by atoms with Gasteiger partial charge >= 0.3 is 12.4 Å². The van der Waals surface area contributed by atoms with Crippen molar-refractivity contribution < 1.29 is 26.3 Å². The van der Waals surface area contributed by atoms with Crippen LogP contribution in [0.5, 0.6) is 0 Å². The number of halogens is 6. The topological polar surface area (TPSA) is 142 Å². The molecule has 0 radical (unpaired) electrons. The maximum absolute atomic E-state index is 13.5. The van der Waals surface area contributed by atoms with Gasteiger partial charge in [-0.15, -0.1) is 10.2 Å². The molecule has 3 N–H and O–H groups in total. The van der Waals surface area contributed by atoms with Gasteiger partial charge in [-0.05, 0) is 132 Å². The van der Waals surface area contributed by atoms with E-state index in [9.17, 15) is 26.3 Å². The summed E-state index contributed by atoms with van der Waals surface area (Å²) < 4.78 is 80.8. The molecule has 0 amide bonds. The molecule has 2 aliphatic heterocycles. The van der Waals surface area contributed by atoms with E-state index in [0.717, 1.165) is 98.6 Å². The molecule has 8 aromatic rings. The highest BCUT2D eigenvalue weighted by Crippen LogP contribution is 2.39. The lowest BCUT2D eigenvalue weighted by molar-refractivity contribution is -0.138. The monoisotopic (exact) mass is 1020 g/mol. The van der Waals surface area contributed by atoms with Gasteiger partial charge in [-0.2, -0.15) is 36.5 Å². The summed E-state index contributed by atoms with van der Waals surface area (Å²) in [7, 11) is 2.09. The highest BCUT2D eigenvalue weighted by molar-refractivity contribution is 5.80. The highest BCUT2D eigenvalue weighted by atomic mass is 19.4. The van der Waals surface area contributed by atoms with Gasteiger partial charge in [0.2, 0.25) is 11.9 Å². The molecule has 4 aromatic carbocycles. The zero-order valence-corrected chi connectivity index (χ0v) is 41.6. The van der Waals surface area contributed by atoms with Crippen LogP contribution in [-0.2, 0) is 12.4 Å². The normalized spacial score (nSPS) is 15.6. The van der Waals surface area contributed by atoms with Crippen molar-refractivity contribution in [2.75, 3.05) is 43.9 Å². The van der Waals surface area contributed by atoms with Crippen molar-refractivity contribution in [3.05, 3.63) is 179 Å². The van der Waals surface area contributed by atoms with Crippen LogP contribution >= 0.6 is 0 Å². The Hall–Kier alpha value is -7.70. The van der Waals surface area contributed by atoms with E-state index in [2.05, 4.69) is 58.3 Å². The van der Waals surface area contributed by atoms with Gasteiger partial charge in [-0.1, -0.05) is 84.9 Å². The van der Waals surface area contributed by atoms with Crippen molar-refractivity contribution in [1.29, 1.82) is 0 Å². The molecule has 2 saturated heterocycles. The first-order valence-corrected chi connectivity index (χ1v) is 25.0. The smallest absolute Gasteiger partial charge is 0.348 e. The fourth-order valence-electron chi connectivity index (χ4n) is 9.33. The first-order chi connectivity index (χ1) is 36.2. The van der Waals surface area contributed by atoms with Crippen molar-refractivity contribution in [3.8, 4) is 45.0 Å². The minimum atomic E-state index is -4.46. The number of anilines is 2. The average Bonchev–Trinajstić information content (AvgIpc) is 3.44. The molecule has 6 heterocycles. The number of piperidine rings is 2.